The van der Waals surface area contributed by atoms with Gasteiger partial charge in [-0.25, -0.2) is 4.79 Å². The van der Waals surface area contributed by atoms with Gasteiger partial charge in [-0.15, -0.1) is 0 Å². The molecular weight excluding hydrogens is 354 g/mol. The SMILES string of the molecule is CNC[C@H](O)c1ccc(O)c(O)c1.O=C(O)CC(O)(CC(=O)O)C(=O)O. The predicted octanol–water partition coefficient (Wildman–Crippen LogP) is -0.898. The standard InChI is InChI=1S/C9H13NO3.C6H8O7/c1-10-5-9(13)6-2-3-7(11)8(12)4-6;7-3(8)1-6(13,5(11)12)2-4(9)10/h2-4,9-13H,5H2,1H3;13H,1-2H2,(H,7,8)(H,9,10)(H,11,12)/t9-;/m0./s1. The van der Waals surface area contributed by atoms with Gasteiger partial charge in [0.15, 0.2) is 17.1 Å². The van der Waals surface area contributed by atoms with Gasteiger partial charge in [0.2, 0.25) is 0 Å². The molecule has 0 aliphatic heterocycles. The number of hydrogen-bond donors (Lipinski definition) is 8. The summed E-state index contributed by atoms with van der Waals surface area (Å²) in [7, 11) is 1.73. The summed E-state index contributed by atoms with van der Waals surface area (Å²) in [5, 5.41) is 64.2. The van der Waals surface area contributed by atoms with Crippen molar-refractivity contribution in [3.8, 4) is 11.5 Å². The van der Waals surface area contributed by atoms with Crippen molar-refractivity contribution < 1.29 is 50.1 Å². The molecule has 8 N–H and O–H groups in total. The van der Waals surface area contributed by atoms with Crippen LogP contribution in [0.4, 0.5) is 0 Å². The van der Waals surface area contributed by atoms with Gasteiger partial charge in [-0.05, 0) is 24.7 Å². The van der Waals surface area contributed by atoms with E-state index in [9.17, 15) is 19.5 Å². The van der Waals surface area contributed by atoms with Crippen LogP contribution in [-0.2, 0) is 14.4 Å². The third-order valence-electron chi connectivity index (χ3n) is 3.07. The molecule has 0 aliphatic carbocycles. The number of carboxylic acid groups (broad SMARTS) is 3. The molecule has 0 unspecified atom stereocenters. The Hall–Kier alpha value is -2.89. The Morgan fingerprint density at radius 2 is 1.54 bits per heavy atom. The van der Waals surface area contributed by atoms with Gasteiger partial charge in [-0.1, -0.05) is 6.07 Å². The molecule has 146 valence electrons. The number of carboxylic acids is 3. The smallest absolute Gasteiger partial charge is 0.336 e. The van der Waals surface area contributed by atoms with E-state index in [2.05, 4.69) is 5.32 Å². The lowest BCUT2D eigenvalue weighted by atomic mass is 9.96. The second-order valence-electron chi connectivity index (χ2n) is 5.30. The lowest BCUT2D eigenvalue weighted by Gasteiger charge is -2.18. The Kier molecular flexibility index (Phi) is 9.05. The van der Waals surface area contributed by atoms with Crippen molar-refractivity contribution in [1.29, 1.82) is 0 Å². The minimum absolute atomic E-state index is 0.180. The summed E-state index contributed by atoms with van der Waals surface area (Å²) in [6, 6.07) is 4.26. The lowest BCUT2D eigenvalue weighted by molar-refractivity contribution is -0.170. The molecule has 1 atom stereocenters. The van der Waals surface area contributed by atoms with Crippen LogP contribution in [0.5, 0.6) is 11.5 Å². The third-order valence-corrected chi connectivity index (χ3v) is 3.07. The van der Waals surface area contributed by atoms with Gasteiger partial charge < -0.3 is 41.1 Å². The first-order valence-electron chi connectivity index (χ1n) is 7.16. The largest absolute Gasteiger partial charge is 0.504 e. The van der Waals surface area contributed by atoms with Crippen molar-refractivity contribution in [2.45, 2.75) is 24.5 Å². The number of aliphatic hydroxyl groups excluding tert-OH is 1. The van der Waals surface area contributed by atoms with Gasteiger partial charge in [0, 0.05) is 6.54 Å². The highest BCUT2D eigenvalue weighted by molar-refractivity contribution is 5.88. The van der Waals surface area contributed by atoms with E-state index >= 15 is 0 Å². The minimum Gasteiger partial charge on any atom is -0.504 e. The van der Waals surface area contributed by atoms with Gasteiger partial charge in [-0.2, -0.15) is 0 Å². The molecule has 0 heterocycles. The number of phenols is 2. The molecule has 26 heavy (non-hydrogen) atoms. The van der Waals surface area contributed by atoms with E-state index in [1.807, 2.05) is 0 Å². The zero-order chi connectivity index (χ0) is 20.5. The average Bonchev–Trinajstić information content (AvgIpc) is 2.49. The van der Waals surface area contributed by atoms with E-state index < -0.39 is 42.5 Å². The number of phenolic OH excluding ortho intramolecular Hbond substituents is 2. The number of aliphatic carboxylic acids is 3. The van der Waals surface area contributed by atoms with Crippen LogP contribution in [0.25, 0.3) is 0 Å². The second kappa shape index (κ2) is 10.2. The van der Waals surface area contributed by atoms with Crippen LogP contribution in [-0.4, -0.2) is 72.8 Å². The van der Waals surface area contributed by atoms with Gasteiger partial charge >= 0.3 is 17.9 Å². The number of nitrogens with one attached hydrogen (secondary N) is 1. The molecule has 1 rings (SSSR count). The summed E-state index contributed by atoms with van der Waals surface area (Å²) in [5.41, 5.74) is -2.16. The molecule has 0 spiro atoms. The maximum absolute atomic E-state index is 10.3. The zero-order valence-corrected chi connectivity index (χ0v) is 13.8. The van der Waals surface area contributed by atoms with Crippen LogP contribution in [0, 0.1) is 0 Å². The molecule has 0 bridgehead atoms. The number of benzene rings is 1. The predicted molar refractivity (Wildman–Crippen MR) is 85.7 cm³/mol. The van der Waals surface area contributed by atoms with Crippen molar-refractivity contribution in [3.05, 3.63) is 23.8 Å². The molecule has 0 radical (unpaired) electrons. The molecular formula is C15H21NO10. The molecule has 0 aromatic heterocycles. The van der Waals surface area contributed by atoms with Crippen LogP contribution in [0.3, 0.4) is 0 Å². The van der Waals surface area contributed by atoms with E-state index in [1.54, 1.807) is 13.1 Å². The molecule has 0 saturated heterocycles. The molecule has 0 fully saturated rings. The van der Waals surface area contributed by atoms with Gasteiger partial charge in [0.25, 0.3) is 0 Å². The van der Waals surface area contributed by atoms with E-state index in [0.717, 1.165) is 0 Å². The fourth-order valence-corrected chi connectivity index (χ4v) is 1.77. The molecule has 11 nitrogen and oxygen atoms in total. The Bertz CT molecular complexity index is 629. The van der Waals surface area contributed by atoms with Crippen molar-refractivity contribution in [3.63, 3.8) is 0 Å². The second-order valence-corrected chi connectivity index (χ2v) is 5.30. The molecule has 11 heteroatoms. The highest BCUT2D eigenvalue weighted by Gasteiger charge is 2.40. The van der Waals surface area contributed by atoms with Crippen LogP contribution >= 0.6 is 0 Å². The highest BCUT2D eigenvalue weighted by Crippen LogP contribution is 2.27. The van der Waals surface area contributed by atoms with Crippen molar-refractivity contribution in [2.24, 2.45) is 0 Å². The Labute approximate surface area is 147 Å². The normalized spacial score (nSPS) is 11.8. The van der Waals surface area contributed by atoms with Gasteiger partial charge in [0.1, 0.15) is 0 Å². The third kappa shape index (κ3) is 7.79. The molecule has 0 amide bonds. The van der Waals surface area contributed by atoms with E-state index in [4.69, 9.17) is 30.6 Å². The highest BCUT2D eigenvalue weighted by atomic mass is 16.4. The molecule has 1 aromatic rings. The van der Waals surface area contributed by atoms with Gasteiger partial charge in [0.05, 0.1) is 18.9 Å². The molecule has 0 saturated carbocycles. The van der Waals surface area contributed by atoms with Crippen molar-refractivity contribution >= 4 is 17.9 Å². The average molecular weight is 375 g/mol. The maximum Gasteiger partial charge on any atom is 0.336 e. The summed E-state index contributed by atoms with van der Waals surface area (Å²) in [4.78, 5) is 30.5. The topological polar surface area (TPSA) is 205 Å². The Morgan fingerprint density at radius 1 is 1.04 bits per heavy atom. The summed E-state index contributed by atoms with van der Waals surface area (Å²) < 4.78 is 0. The summed E-state index contributed by atoms with van der Waals surface area (Å²) in [6.45, 7) is 0.407. The van der Waals surface area contributed by atoms with Gasteiger partial charge in [-0.3, -0.25) is 9.59 Å². The number of hydrogen-bond acceptors (Lipinski definition) is 8. The quantitative estimate of drug-likeness (QED) is 0.261. The molecule has 1 aromatic carbocycles. The Balaban J connectivity index is 0.000000481. The number of rotatable bonds is 8. The van der Waals surface area contributed by atoms with E-state index in [0.29, 0.717) is 12.1 Å². The van der Waals surface area contributed by atoms with Crippen LogP contribution in [0.2, 0.25) is 0 Å². The summed E-state index contributed by atoms with van der Waals surface area (Å²) in [6.07, 6.45) is -2.96. The first-order chi connectivity index (χ1) is 11.9. The van der Waals surface area contributed by atoms with E-state index in [1.165, 1.54) is 12.1 Å². The summed E-state index contributed by atoms with van der Waals surface area (Å²) >= 11 is 0. The fraction of sp³-hybridized carbons (Fsp3) is 0.400. The monoisotopic (exact) mass is 375 g/mol. The number of aliphatic hydroxyl groups is 2. The lowest BCUT2D eigenvalue weighted by Crippen LogP contribution is -2.42. The number of carbonyl (C=O) groups is 3. The van der Waals surface area contributed by atoms with Crippen LogP contribution in [0.15, 0.2) is 18.2 Å². The first-order valence-corrected chi connectivity index (χ1v) is 7.16. The number of aromatic hydroxyl groups is 2. The fourth-order valence-electron chi connectivity index (χ4n) is 1.77. The zero-order valence-electron chi connectivity index (χ0n) is 13.8. The van der Waals surface area contributed by atoms with Crippen molar-refractivity contribution in [2.75, 3.05) is 13.6 Å². The van der Waals surface area contributed by atoms with Crippen molar-refractivity contribution in [1.82, 2.24) is 5.32 Å². The Morgan fingerprint density at radius 3 is 1.88 bits per heavy atom. The molecule has 0 aliphatic rings. The minimum atomic E-state index is -2.74. The van der Waals surface area contributed by atoms with Crippen LogP contribution in [0.1, 0.15) is 24.5 Å². The summed E-state index contributed by atoms with van der Waals surface area (Å²) in [5.74, 6) is -5.41. The first kappa shape index (κ1) is 23.1. The maximum atomic E-state index is 10.3. The number of likely N-dealkylation sites (N-methyl/N-ethyl adjacent to an activating group) is 1. The van der Waals surface area contributed by atoms with Crippen LogP contribution < -0.4 is 5.32 Å². The van der Waals surface area contributed by atoms with E-state index in [-0.39, 0.29) is 11.5 Å².